The number of rotatable bonds is 2. The van der Waals surface area contributed by atoms with Crippen LogP contribution in [0.1, 0.15) is 26.3 Å². The molecule has 1 aliphatic rings. The zero-order valence-corrected chi connectivity index (χ0v) is 8.00. The minimum absolute atomic E-state index is 0.201. The van der Waals surface area contributed by atoms with E-state index in [1.165, 1.54) is 6.20 Å². The van der Waals surface area contributed by atoms with Crippen LogP contribution in [0.5, 0.6) is 0 Å². The standard InChI is InChI=1S/C9H14FN3/c1-7(2)13-6-8(10)9(11-13)12-4-3-5-12/h6-7H,3-5H2,1-2H3. The molecule has 0 unspecified atom stereocenters. The fourth-order valence-electron chi connectivity index (χ4n) is 1.37. The number of aromatic nitrogens is 2. The molecule has 0 atom stereocenters. The van der Waals surface area contributed by atoms with E-state index in [-0.39, 0.29) is 11.9 Å². The molecule has 1 aliphatic heterocycles. The van der Waals surface area contributed by atoms with Gasteiger partial charge in [0.05, 0.1) is 6.20 Å². The number of nitrogens with zero attached hydrogens (tertiary/aromatic N) is 3. The highest BCUT2D eigenvalue weighted by molar-refractivity contribution is 5.41. The molecule has 0 saturated carbocycles. The summed E-state index contributed by atoms with van der Waals surface area (Å²) < 4.78 is 15.0. The summed E-state index contributed by atoms with van der Waals surface area (Å²) in [6, 6.07) is 0.226. The van der Waals surface area contributed by atoms with Crippen molar-refractivity contribution in [2.45, 2.75) is 26.3 Å². The highest BCUT2D eigenvalue weighted by atomic mass is 19.1. The van der Waals surface area contributed by atoms with Gasteiger partial charge in [-0.15, -0.1) is 0 Å². The molecule has 2 rings (SSSR count). The van der Waals surface area contributed by atoms with Crippen LogP contribution in [0, 0.1) is 5.82 Å². The first kappa shape index (κ1) is 8.53. The Bertz CT molecular complexity index is 302. The van der Waals surface area contributed by atoms with Gasteiger partial charge in [0.2, 0.25) is 0 Å². The lowest BCUT2D eigenvalue weighted by atomic mass is 10.2. The summed E-state index contributed by atoms with van der Waals surface area (Å²) in [6.45, 7) is 5.86. The monoisotopic (exact) mass is 183 g/mol. The van der Waals surface area contributed by atoms with E-state index in [2.05, 4.69) is 5.10 Å². The average Bonchev–Trinajstić information content (AvgIpc) is 2.29. The highest BCUT2D eigenvalue weighted by Crippen LogP contribution is 2.22. The molecule has 0 amide bonds. The Labute approximate surface area is 77.1 Å². The van der Waals surface area contributed by atoms with E-state index < -0.39 is 0 Å². The first-order valence-corrected chi connectivity index (χ1v) is 4.68. The molecule has 72 valence electrons. The molecule has 4 heteroatoms. The summed E-state index contributed by atoms with van der Waals surface area (Å²) in [5, 5.41) is 4.20. The molecular weight excluding hydrogens is 169 g/mol. The maximum atomic E-state index is 13.3. The lowest BCUT2D eigenvalue weighted by Crippen LogP contribution is -2.37. The summed E-state index contributed by atoms with van der Waals surface area (Å²) in [5.41, 5.74) is 0. The molecular formula is C9H14FN3. The van der Waals surface area contributed by atoms with Crippen molar-refractivity contribution >= 4 is 5.82 Å². The van der Waals surface area contributed by atoms with E-state index in [0.29, 0.717) is 5.82 Å². The first-order valence-electron chi connectivity index (χ1n) is 4.68. The van der Waals surface area contributed by atoms with Gasteiger partial charge in [-0.05, 0) is 20.3 Å². The Morgan fingerprint density at radius 1 is 1.46 bits per heavy atom. The van der Waals surface area contributed by atoms with Gasteiger partial charge in [-0.2, -0.15) is 5.10 Å². The van der Waals surface area contributed by atoms with Crippen LogP contribution in [0.4, 0.5) is 10.2 Å². The molecule has 0 radical (unpaired) electrons. The van der Waals surface area contributed by atoms with Crippen LogP contribution in [0.2, 0.25) is 0 Å². The normalized spacial score (nSPS) is 16.5. The Kier molecular flexibility index (Phi) is 1.98. The molecule has 0 spiro atoms. The quantitative estimate of drug-likeness (QED) is 0.697. The number of halogens is 1. The van der Waals surface area contributed by atoms with Crippen LogP contribution in [-0.4, -0.2) is 22.9 Å². The maximum absolute atomic E-state index is 13.3. The third-order valence-electron chi connectivity index (χ3n) is 2.35. The topological polar surface area (TPSA) is 21.1 Å². The van der Waals surface area contributed by atoms with Crippen molar-refractivity contribution in [3.8, 4) is 0 Å². The Morgan fingerprint density at radius 3 is 2.54 bits per heavy atom. The van der Waals surface area contributed by atoms with Crippen molar-refractivity contribution in [1.82, 2.24) is 9.78 Å². The van der Waals surface area contributed by atoms with Crippen LogP contribution < -0.4 is 4.90 Å². The lowest BCUT2D eigenvalue weighted by molar-refractivity contribution is 0.522. The van der Waals surface area contributed by atoms with Crippen molar-refractivity contribution in [3.05, 3.63) is 12.0 Å². The van der Waals surface area contributed by atoms with Gasteiger partial charge in [0.15, 0.2) is 11.6 Å². The van der Waals surface area contributed by atoms with Crippen molar-refractivity contribution in [3.63, 3.8) is 0 Å². The summed E-state index contributed by atoms with van der Waals surface area (Å²) in [4.78, 5) is 1.97. The predicted molar refractivity (Wildman–Crippen MR) is 49.4 cm³/mol. The highest BCUT2D eigenvalue weighted by Gasteiger charge is 2.21. The molecule has 1 saturated heterocycles. The SMILES string of the molecule is CC(C)n1cc(F)c(N2CCC2)n1. The smallest absolute Gasteiger partial charge is 0.186 e. The van der Waals surface area contributed by atoms with E-state index in [0.717, 1.165) is 19.5 Å². The summed E-state index contributed by atoms with van der Waals surface area (Å²) >= 11 is 0. The molecule has 1 aromatic rings. The molecule has 0 bridgehead atoms. The van der Waals surface area contributed by atoms with E-state index in [1.54, 1.807) is 4.68 Å². The van der Waals surface area contributed by atoms with Gasteiger partial charge in [-0.3, -0.25) is 4.68 Å². The molecule has 3 nitrogen and oxygen atoms in total. The lowest BCUT2D eigenvalue weighted by Gasteiger charge is -2.30. The van der Waals surface area contributed by atoms with Crippen molar-refractivity contribution in [1.29, 1.82) is 0 Å². The second-order valence-electron chi connectivity index (χ2n) is 3.72. The number of hydrogen-bond donors (Lipinski definition) is 0. The first-order chi connectivity index (χ1) is 6.18. The molecule has 0 aromatic carbocycles. The van der Waals surface area contributed by atoms with Gasteiger partial charge in [0.1, 0.15) is 0 Å². The molecule has 13 heavy (non-hydrogen) atoms. The molecule has 0 N–H and O–H groups in total. The van der Waals surface area contributed by atoms with Crippen LogP contribution in [0.15, 0.2) is 6.20 Å². The Morgan fingerprint density at radius 2 is 2.15 bits per heavy atom. The number of anilines is 1. The van der Waals surface area contributed by atoms with Gasteiger partial charge in [0.25, 0.3) is 0 Å². The van der Waals surface area contributed by atoms with E-state index >= 15 is 0 Å². The third kappa shape index (κ3) is 1.41. The summed E-state index contributed by atoms with van der Waals surface area (Å²) in [6.07, 6.45) is 2.62. The molecule has 1 fully saturated rings. The fraction of sp³-hybridized carbons (Fsp3) is 0.667. The van der Waals surface area contributed by atoms with Crippen LogP contribution in [-0.2, 0) is 0 Å². The van der Waals surface area contributed by atoms with Gasteiger partial charge < -0.3 is 4.90 Å². The number of hydrogen-bond acceptors (Lipinski definition) is 2. The van der Waals surface area contributed by atoms with Crippen molar-refractivity contribution in [2.24, 2.45) is 0 Å². The van der Waals surface area contributed by atoms with Gasteiger partial charge in [-0.1, -0.05) is 0 Å². The summed E-state index contributed by atoms with van der Waals surface area (Å²) in [5.74, 6) is 0.313. The van der Waals surface area contributed by atoms with E-state index in [9.17, 15) is 4.39 Å². The largest absolute Gasteiger partial charge is 0.353 e. The van der Waals surface area contributed by atoms with E-state index in [4.69, 9.17) is 0 Å². The van der Waals surface area contributed by atoms with E-state index in [1.807, 2.05) is 18.7 Å². The zero-order valence-electron chi connectivity index (χ0n) is 8.00. The average molecular weight is 183 g/mol. The van der Waals surface area contributed by atoms with Gasteiger partial charge >= 0.3 is 0 Å². The Balaban J connectivity index is 2.24. The van der Waals surface area contributed by atoms with Gasteiger partial charge in [0, 0.05) is 19.1 Å². The van der Waals surface area contributed by atoms with Gasteiger partial charge in [-0.25, -0.2) is 4.39 Å². The maximum Gasteiger partial charge on any atom is 0.186 e. The Hall–Kier alpha value is -1.06. The summed E-state index contributed by atoms with van der Waals surface area (Å²) in [7, 11) is 0. The molecule has 1 aromatic heterocycles. The van der Waals surface area contributed by atoms with Crippen LogP contribution in [0.25, 0.3) is 0 Å². The minimum Gasteiger partial charge on any atom is -0.353 e. The molecule has 0 aliphatic carbocycles. The van der Waals surface area contributed by atoms with Crippen LogP contribution >= 0.6 is 0 Å². The van der Waals surface area contributed by atoms with Crippen LogP contribution in [0.3, 0.4) is 0 Å². The minimum atomic E-state index is -0.201. The molecule has 2 heterocycles. The fourth-order valence-corrected chi connectivity index (χ4v) is 1.37. The second-order valence-corrected chi connectivity index (χ2v) is 3.72. The zero-order chi connectivity index (χ0) is 9.42. The third-order valence-corrected chi connectivity index (χ3v) is 2.35. The predicted octanol–water partition coefficient (Wildman–Crippen LogP) is 1.81. The van der Waals surface area contributed by atoms with Crippen molar-refractivity contribution < 1.29 is 4.39 Å². The second kappa shape index (κ2) is 3.01. The van der Waals surface area contributed by atoms with Crippen molar-refractivity contribution in [2.75, 3.05) is 18.0 Å².